The van der Waals surface area contributed by atoms with E-state index in [1.54, 1.807) is 0 Å². The summed E-state index contributed by atoms with van der Waals surface area (Å²) >= 11 is 0. The molecule has 1 aliphatic heterocycles. The van der Waals surface area contributed by atoms with Crippen LogP contribution in [0.4, 0.5) is 19.0 Å². The molecular weight excluding hydrogens is 283 g/mol. The number of pyridine rings is 1. The van der Waals surface area contributed by atoms with E-state index in [0.29, 0.717) is 0 Å². The minimum absolute atomic E-state index is 0.0363. The number of rotatable bonds is 4. The fraction of sp³-hybridized carbons (Fsp3) is 0.571. The second kappa shape index (κ2) is 6.78. The van der Waals surface area contributed by atoms with Gasteiger partial charge in [0.25, 0.3) is 0 Å². The van der Waals surface area contributed by atoms with Gasteiger partial charge in [0.1, 0.15) is 11.5 Å². The van der Waals surface area contributed by atoms with Gasteiger partial charge in [-0.3, -0.25) is 4.79 Å². The molecule has 4 nitrogen and oxygen atoms in total. The van der Waals surface area contributed by atoms with Crippen molar-refractivity contribution in [3.05, 3.63) is 23.9 Å². The van der Waals surface area contributed by atoms with Crippen molar-refractivity contribution in [1.29, 1.82) is 0 Å². The number of halogens is 3. The largest absolute Gasteiger partial charge is 0.433 e. The van der Waals surface area contributed by atoms with Crippen molar-refractivity contribution >= 4 is 11.7 Å². The lowest BCUT2D eigenvalue weighted by Crippen LogP contribution is -2.36. The quantitative estimate of drug-likeness (QED) is 0.930. The van der Waals surface area contributed by atoms with Gasteiger partial charge in [-0.15, -0.1) is 0 Å². The maximum Gasteiger partial charge on any atom is 0.433 e. The number of hydrogen-bond donors (Lipinski definition) is 1. The van der Waals surface area contributed by atoms with Gasteiger partial charge in [0.15, 0.2) is 0 Å². The molecule has 0 aliphatic carbocycles. The monoisotopic (exact) mass is 301 g/mol. The molecule has 1 aromatic heterocycles. The van der Waals surface area contributed by atoms with E-state index in [1.807, 2.05) is 4.90 Å². The first-order chi connectivity index (χ1) is 9.97. The Morgan fingerprint density at radius 2 is 1.95 bits per heavy atom. The first-order valence-electron chi connectivity index (χ1n) is 7.03. The number of amides is 1. The van der Waals surface area contributed by atoms with Crippen LogP contribution in [0, 0.1) is 0 Å². The fourth-order valence-electron chi connectivity index (χ4n) is 2.29. The lowest BCUT2D eigenvalue weighted by Gasteiger charge is -2.26. The van der Waals surface area contributed by atoms with E-state index in [0.717, 1.165) is 38.4 Å². The van der Waals surface area contributed by atoms with E-state index < -0.39 is 11.9 Å². The summed E-state index contributed by atoms with van der Waals surface area (Å²) in [6, 6.07) is 3.68. The summed E-state index contributed by atoms with van der Waals surface area (Å²) in [5.41, 5.74) is -0.935. The second-order valence-corrected chi connectivity index (χ2v) is 5.02. The number of aromatic nitrogens is 1. The Kier molecular flexibility index (Phi) is 5.03. The molecule has 1 aromatic rings. The normalized spacial score (nSPS) is 15.9. The third-order valence-electron chi connectivity index (χ3n) is 3.39. The third kappa shape index (κ3) is 4.61. The van der Waals surface area contributed by atoms with E-state index in [2.05, 4.69) is 10.3 Å². The number of hydrogen-bond acceptors (Lipinski definition) is 3. The van der Waals surface area contributed by atoms with Crippen LogP contribution < -0.4 is 5.32 Å². The Labute approximate surface area is 121 Å². The molecule has 1 amide bonds. The summed E-state index contributed by atoms with van der Waals surface area (Å²) in [4.78, 5) is 17.2. The maximum atomic E-state index is 12.5. The molecule has 0 atom stereocenters. The van der Waals surface area contributed by atoms with Crippen LogP contribution in [-0.2, 0) is 11.0 Å². The van der Waals surface area contributed by atoms with Crippen molar-refractivity contribution in [2.75, 3.05) is 25.0 Å². The van der Waals surface area contributed by atoms with Crippen molar-refractivity contribution in [2.24, 2.45) is 0 Å². The summed E-state index contributed by atoms with van der Waals surface area (Å²) in [5.74, 6) is 0.172. The molecule has 1 aliphatic rings. The van der Waals surface area contributed by atoms with Crippen LogP contribution in [0.1, 0.15) is 31.4 Å². The van der Waals surface area contributed by atoms with Crippen LogP contribution in [0.15, 0.2) is 18.2 Å². The molecule has 2 heterocycles. The zero-order valence-corrected chi connectivity index (χ0v) is 11.6. The Balaban J connectivity index is 1.82. The summed E-state index contributed by atoms with van der Waals surface area (Å²) in [6.07, 6.45) is -1.00. The molecule has 7 heteroatoms. The Morgan fingerprint density at radius 3 is 2.62 bits per heavy atom. The van der Waals surface area contributed by atoms with Gasteiger partial charge in [-0.1, -0.05) is 6.07 Å². The molecule has 0 unspecified atom stereocenters. The smallest absolute Gasteiger partial charge is 0.370 e. The van der Waals surface area contributed by atoms with E-state index >= 15 is 0 Å². The fourth-order valence-corrected chi connectivity index (χ4v) is 2.29. The summed E-state index contributed by atoms with van der Waals surface area (Å²) in [5, 5.41) is 2.77. The average Bonchev–Trinajstić information content (AvgIpc) is 2.47. The van der Waals surface area contributed by atoms with Gasteiger partial charge in [-0.2, -0.15) is 13.2 Å². The van der Waals surface area contributed by atoms with E-state index in [1.165, 1.54) is 12.1 Å². The van der Waals surface area contributed by atoms with Crippen LogP contribution in [0.2, 0.25) is 0 Å². The van der Waals surface area contributed by atoms with Crippen molar-refractivity contribution in [3.8, 4) is 0 Å². The molecule has 0 radical (unpaired) electrons. The van der Waals surface area contributed by atoms with Crippen LogP contribution >= 0.6 is 0 Å². The SMILES string of the molecule is O=C(CCNc1cccc(C(F)(F)F)n1)N1CCCCC1. The first-order valence-corrected chi connectivity index (χ1v) is 7.03. The zero-order valence-electron chi connectivity index (χ0n) is 11.6. The van der Waals surface area contributed by atoms with Crippen molar-refractivity contribution in [1.82, 2.24) is 9.88 Å². The topological polar surface area (TPSA) is 45.2 Å². The summed E-state index contributed by atoms with van der Waals surface area (Å²) < 4.78 is 37.5. The van der Waals surface area contributed by atoms with E-state index in [9.17, 15) is 18.0 Å². The van der Waals surface area contributed by atoms with Crippen LogP contribution in [0.5, 0.6) is 0 Å². The molecule has 0 aromatic carbocycles. The molecule has 21 heavy (non-hydrogen) atoms. The minimum atomic E-state index is -4.46. The van der Waals surface area contributed by atoms with Gasteiger partial charge >= 0.3 is 6.18 Å². The number of nitrogens with one attached hydrogen (secondary N) is 1. The van der Waals surface area contributed by atoms with Gasteiger partial charge < -0.3 is 10.2 Å². The van der Waals surface area contributed by atoms with E-state index in [-0.39, 0.29) is 24.7 Å². The number of alkyl halides is 3. The predicted octanol–water partition coefficient (Wildman–Crippen LogP) is 2.91. The molecular formula is C14H18F3N3O. The van der Waals surface area contributed by atoms with Gasteiger partial charge in [0, 0.05) is 26.1 Å². The Hall–Kier alpha value is -1.79. The van der Waals surface area contributed by atoms with Crippen molar-refractivity contribution in [2.45, 2.75) is 31.9 Å². The van der Waals surface area contributed by atoms with Crippen molar-refractivity contribution in [3.63, 3.8) is 0 Å². The second-order valence-electron chi connectivity index (χ2n) is 5.02. The Morgan fingerprint density at radius 1 is 1.24 bits per heavy atom. The molecule has 0 saturated carbocycles. The highest BCUT2D eigenvalue weighted by Gasteiger charge is 2.32. The lowest BCUT2D eigenvalue weighted by atomic mass is 10.1. The minimum Gasteiger partial charge on any atom is -0.370 e. The maximum absolute atomic E-state index is 12.5. The first kappa shape index (κ1) is 15.6. The molecule has 1 fully saturated rings. The molecule has 2 rings (SSSR count). The summed E-state index contributed by atoms with van der Waals surface area (Å²) in [6.45, 7) is 1.84. The number of anilines is 1. The number of nitrogens with zero attached hydrogens (tertiary/aromatic N) is 2. The highest BCUT2D eigenvalue weighted by molar-refractivity contribution is 5.76. The average molecular weight is 301 g/mol. The highest BCUT2D eigenvalue weighted by Crippen LogP contribution is 2.28. The molecule has 116 valence electrons. The van der Waals surface area contributed by atoms with Gasteiger partial charge in [-0.05, 0) is 31.4 Å². The zero-order chi connectivity index (χ0) is 15.3. The number of carbonyl (C=O) groups is 1. The molecule has 1 N–H and O–H groups in total. The number of likely N-dealkylation sites (tertiary alicyclic amines) is 1. The Bertz CT molecular complexity index is 485. The number of piperidine rings is 1. The van der Waals surface area contributed by atoms with Crippen LogP contribution in [0.3, 0.4) is 0 Å². The third-order valence-corrected chi connectivity index (χ3v) is 3.39. The standard InChI is InChI=1S/C14H18F3N3O/c15-14(16,17)11-5-4-6-12(19-11)18-8-7-13(21)20-9-2-1-3-10-20/h4-6H,1-3,7-10H2,(H,18,19). The van der Waals surface area contributed by atoms with Crippen LogP contribution in [0.25, 0.3) is 0 Å². The van der Waals surface area contributed by atoms with E-state index in [4.69, 9.17) is 0 Å². The molecule has 0 bridgehead atoms. The highest BCUT2D eigenvalue weighted by atomic mass is 19.4. The molecule has 1 saturated heterocycles. The number of carbonyl (C=O) groups excluding carboxylic acids is 1. The summed E-state index contributed by atoms with van der Waals surface area (Å²) in [7, 11) is 0. The predicted molar refractivity (Wildman–Crippen MR) is 72.8 cm³/mol. The van der Waals surface area contributed by atoms with Gasteiger partial charge in [-0.25, -0.2) is 4.98 Å². The molecule has 0 spiro atoms. The van der Waals surface area contributed by atoms with Gasteiger partial charge in [0.05, 0.1) is 0 Å². The van der Waals surface area contributed by atoms with Crippen molar-refractivity contribution < 1.29 is 18.0 Å². The van der Waals surface area contributed by atoms with Crippen LogP contribution in [-0.4, -0.2) is 35.4 Å². The van der Waals surface area contributed by atoms with Gasteiger partial charge in [0.2, 0.25) is 5.91 Å². The lowest BCUT2D eigenvalue weighted by molar-refractivity contribution is -0.141.